The summed E-state index contributed by atoms with van der Waals surface area (Å²) in [6.07, 6.45) is -1.23. The molecule has 0 aliphatic rings. The number of nitro groups is 1. The van der Waals surface area contributed by atoms with Gasteiger partial charge in [-0.05, 0) is 36.4 Å². The molecule has 0 spiro atoms. The van der Waals surface area contributed by atoms with Gasteiger partial charge in [0.25, 0.3) is 5.69 Å². The van der Waals surface area contributed by atoms with Gasteiger partial charge in [0.2, 0.25) is 5.78 Å². The molecule has 30 heavy (non-hydrogen) atoms. The van der Waals surface area contributed by atoms with Crippen molar-refractivity contribution in [2.45, 2.75) is 6.10 Å². The van der Waals surface area contributed by atoms with Gasteiger partial charge in [0.05, 0.1) is 10.5 Å². The number of hydrogen-bond acceptors (Lipinski definition) is 6. The molecule has 3 aromatic carbocycles. The predicted molar refractivity (Wildman–Crippen MR) is 113 cm³/mol. The summed E-state index contributed by atoms with van der Waals surface area (Å²) in [7, 11) is 3.77. The molecule has 0 bridgehead atoms. The first kappa shape index (κ1) is 20.7. The summed E-state index contributed by atoms with van der Waals surface area (Å²) < 4.78 is 5.57. The van der Waals surface area contributed by atoms with Crippen LogP contribution in [-0.2, 0) is 4.74 Å². The molecule has 0 N–H and O–H groups in total. The Morgan fingerprint density at radius 3 is 2.00 bits per heavy atom. The highest BCUT2D eigenvalue weighted by molar-refractivity contribution is 6.02. The summed E-state index contributed by atoms with van der Waals surface area (Å²) in [5, 5.41) is 10.9. The average Bonchev–Trinajstić information content (AvgIpc) is 2.77. The Balaban J connectivity index is 1.91. The van der Waals surface area contributed by atoms with Gasteiger partial charge in [0.15, 0.2) is 6.10 Å². The van der Waals surface area contributed by atoms with E-state index < -0.39 is 22.8 Å². The molecule has 0 radical (unpaired) electrons. The fourth-order valence-corrected chi connectivity index (χ4v) is 2.87. The molecule has 0 aliphatic heterocycles. The number of nitrogens with zero attached hydrogens (tertiary/aromatic N) is 2. The van der Waals surface area contributed by atoms with Crippen LogP contribution in [0.4, 0.5) is 11.4 Å². The van der Waals surface area contributed by atoms with E-state index in [1.54, 1.807) is 54.6 Å². The number of anilines is 1. The molecule has 0 amide bonds. The van der Waals surface area contributed by atoms with Crippen LogP contribution in [0.15, 0.2) is 78.9 Å². The second-order valence-corrected chi connectivity index (χ2v) is 6.81. The van der Waals surface area contributed by atoms with Gasteiger partial charge < -0.3 is 9.64 Å². The highest BCUT2D eigenvalue weighted by atomic mass is 16.6. The lowest BCUT2D eigenvalue weighted by atomic mass is 9.99. The first-order valence-corrected chi connectivity index (χ1v) is 9.19. The molecule has 1 atom stereocenters. The topological polar surface area (TPSA) is 89.8 Å². The molecule has 3 rings (SSSR count). The summed E-state index contributed by atoms with van der Waals surface area (Å²) in [6.45, 7) is 0. The van der Waals surface area contributed by atoms with Gasteiger partial charge in [-0.1, -0.05) is 30.3 Å². The lowest BCUT2D eigenvalue weighted by Gasteiger charge is -2.18. The van der Waals surface area contributed by atoms with Crippen molar-refractivity contribution in [3.05, 3.63) is 106 Å². The predicted octanol–water partition coefficient (Wildman–Crippen LogP) is 4.44. The molecule has 0 saturated heterocycles. The van der Waals surface area contributed by atoms with Crippen LogP contribution in [0.5, 0.6) is 0 Å². The molecular formula is C23H20N2O5. The Morgan fingerprint density at radius 1 is 0.867 bits per heavy atom. The molecule has 3 aromatic rings. The van der Waals surface area contributed by atoms with E-state index in [9.17, 15) is 19.7 Å². The second-order valence-electron chi connectivity index (χ2n) is 6.81. The van der Waals surface area contributed by atoms with E-state index in [4.69, 9.17) is 4.74 Å². The van der Waals surface area contributed by atoms with Gasteiger partial charge in [0, 0.05) is 43.0 Å². The van der Waals surface area contributed by atoms with E-state index >= 15 is 0 Å². The number of esters is 1. The molecular weight excluding hydrogens is 384 g/mol. The van der Waals surface area contributed by atoms with E-state index in [-0.39, 0.29) is 5.69 Å². The zero-order valence-corrected chi connectivity index (χ0v) is 16.5. The number of hydrogen-bond donors (Lipinski definition) is 0. The van der Waals surface area contributed by atoms with Crippen LogP contribution in [0, 0.1) is 10.1 Å². The van der Waals surface area contributed by atoms with E-state index in [0.717, 1.165) is 5.69 Å². The second kappa shape index (κ2) is 9.00. The van der Waals surface area contributed by atoms with Crippen molar-refractivity contribution in [3.8, 4) is 0 Å². The summed E-state index contributed by atoms with van der Waals surface area (Å²) in [5.41, 5.74) is 1.83. The van der Waals surface area contributed by atoms with Crippen LogP contribution in [0.2, 0.25) is 0 Å². The minimum Gasteiger partial charge on any atom is -0.445 e. The Morgan fingerprint density at radius 2 is 1.47 bits per heavy atom. The van der Waals surface area contributed by atoms with Crippen molar-refractivity contribution >= 4 is 23.1 Å². The first-order valence-electron chi connectivity index (χ1n) is 9.19. The number of nitro benzene ring substituents is 1. The van der Waals surface area contributed by atoms with Gasteiger partial charge in [-0.3, -0.25) is 14.9 Å². The zero-order chi connectivity index (χ0) is 21.7. The van der Waals surface area contributed by atoms with Crippen molar-refractivity contribution in [1.29, 1.82) is 0 Å². The quantitative estimate of drug-likeness (QED) is 0.250. The minimum atomic E-state index is -1.23. The number of non-ortho nitro benzene ring substituents is 1. The Hall–Kier alpha value is -4.00. The van der Waals surface area contributed by atoms with Crippen molar-refractivity contribution in [1.82, 2.24) is 0 Å². The van der Waals surface area contributed by atoms with Crippen molar-refractivity contribution in [2.75, 3.05) is 19.0 Å². The van der Waals surface area contributed by atoms with Gasteiger partial charge in [0.1, 0.15) is 0 Å². The molecule has 7 nitrogen and oxygen atoms in total. The van der Waals surface area contributed by atoms with Crippen molar-refractivity contribution < 1.29 is 19.2 Å². The summed E-state index contributed by atoms with van der Waals surface area (Å²) in [5.74, 6) is -1.07. The minimum absolute atomic E-state index is 0.115. The standard InChI is InChI=1S/C23H20N2O5/c1-24(2)19-12-10-18(11-13-19)23(27)30-22(21(26)16-6-4-3-5-7-16)17-8-14-20(15-9-17)25(28)29/h3-15,22H,1-2H3/t22-/m1/s1. The van der Waals surface area contributed by atoms with Crippen LogP contribution in [-0.4, -0.2) is 30.8 Å². The lowest BCUT2D eigenvalue weighted by molar-refractivity contribution is -0.384. The van der Waals surface area contributed by atoms with Crippen molar-refractivity contribution in [3.63, 3.8) is 0 Å². The average molecular weight is 404 g/mol. The Bertz CT molecular complexity index is 1050. The summed E-state index contributed by atoms with van der Waals surface area (Å²) in [4.78, 5) is 38.1. The fraction of sp³-hybridized carbons (Fsp3) is 0.130. The van der Waals surface area contributed by atoms with Gasteiger partial charge in [-0.15, -0.1) is 0 Å². The number of ether oxygens (including phenoxy) is 1. The molecule has 0 aliphatic carbocycles. The third kappa shape index (κ3) is 4.70. The maximum absolute atomic E-state index is 13.1. The maximum Gasteiger partial charge on any atom is 0.339 e. The molecule has 0 heterocycles. The molecule has 0 saturated carbocycles. The zero-order valence-electron chi connectivity index (χ0n) is 16.5. The van der Waals surface area contributed by atoms with E-state index in [1.807, 2.05) is 19.0 Å². The van der Waals surface area contributed by atoms with E-state index in [0.29, 0.717) is 16.7 Å². The van der Waals surface area contributed by atoms with Gasteiger partial charge >= 0.3 is 5.97 Å². The van der Waals surface area contributed by atoms with Crippen LogP contribution in [0.3, 0.4) is 0 Å². The van der Waals surface area contributed by atoms with Gasteiger partial charge in [-0.25, -0.2) is 4.79 Å². The number of benzene rings is 3. The third-order valence-corrected chi connectivity index (χ3v) is 4.55. The van der Waals surface area contributed by atoms with Gasteiger partial charge in [-0.2, -0.15) is 0 Å². The maximum atomic E-state index is 13.1. The summed E-state index contributed by atoms with van der Waals surface area (Å²) in [6, 6.07) is 20.6. The van der Waals surface area contributed by atoms with Crippen molar-refractivity contribution in [2.24, 2.45) is 0 Å². The van der Waals surface area contributed by atoms with E-state index in [1.165, 1.54) is 24.3 Å². The fourth-order valence-electron chi connectivity index (χ4n) is 2.87. The van der Waals surface area contributed by atoms with Crippen LogP contribution in [0.1, 0.15) is 32.4 Å². The lowest BCUT2D eigenvalue weighted by Crippen LogP contribution is -2.20. The number of carbonyl (C=O) groups excluding carboxylic acids is 2. The Kier molecular flexibility index (Phi) is 6.22. The van der Waals surface area contributed by atoms with Crippen LogP contribution < -0.4 is 4.90 Å². The molecule has 0 unspecified atom stereocenters. The largest absolute Gasteiger partial charge is 0.445 e. The van der Waals surface area contributed by atoms with E-state index in [2.05, 4.69) is 0 Å². The van der Waals surface area contributed by atoms with Crippen LogP contribution in [0.25, 0.3) is 0 Å². The highest BCUT2D eigenvalue weighted by Crippen LogP contribution is 2.26. The number of rotatable bonds is 7. The summed E-state index contributed by atoms with van der Waals surface area (Å²) >= 11 is 0. The third-order valence-electron chi connectivity index (χ3n) is 4.55. The van der Waals surface area contributed by atoms with Crippen LogP contribution >= 0.6 is 0 Å². The molecule has 7 heteroatoms. The first-order chi connectivity index (χ1) is 14.4. The normalized spacial score (nSPS) is 11.4. The molecule has 152 valence electrons. The SMILES string of the molecule is CN(C)c1ccc(C(=O)O[C@@H](C(=O)c2ccccc2)c2ccc([N+](=O)[O-])cc2)cc1. The highest BCUT2D eigenvalue weighted by Gasteiger charge is 2.27. The monoisotopic (exact) mass is 404 g/mol. The Labute approximate surface area is 173 Å². The smallest absolute Gasteiger partial charge is 0.339 e. The number of carbonyl (C=O) groups is 2. The molecule has 0 fully saturated rings. The molecule has 0 aromatic heterocycles. The number of ketones is 1. The number of Topliss-reactive ketones (excluding diaryl/α,β-unsaturated/α-hetero) is 1.